The van der Waals surface area contributed by atoms with E-state index in [1.165, 1.54) is 30.4 Å². The van der Waals surface area contributed by atoms with Crippen molar-refractivity contribution in [2.75, 3.05) is 11.9 Å². The molecule has 4 rings (SSSR count). The molecule has 0 saturated heterocycles. The molecule has 0 aliphatic heterocycles. The first-order chi connectivity index (χ1) is 9.79. The van der Waals surface area contributed by atoms with E-state index in [9.17, 15) is 0 Å². The molecule has 102 valence electrons. The number of hydrogen-bond donors (Lipinski definition) is 1. The maximum atomic E-state index is 4.63. The van der Waals surface area contributed by atoms with Gasteiger partial charge in [-0.05, 0) is 46.3 Å². The fraction of sp³-hybridized carbons (Fsp3) is 0.375. The minimum absolute atomic E-state index is 0.581. The van der Waals surface area contributed by atoms with Crippen molar-refractivity contribution in [2.45, 2.75) is 31.1 Å². The average molecular weight is 330 g/mol. The molecular weight excluding hydrogens is 314 g/mol. The van der Waals surface area contributed by atoms with Crippen molar-refractivity contribution in [3.63, 3.8) is 0 Å². The first-order valence-corrected chi connectivity index (χ1v) is 7.95. The van der Waals surface area contributed by atoms with Crippen LogP contribution in [0, 0.1) is 0 Å². The molecule has 0 spiro atoms. The molecule has 2 aliphatic carbocycles. The van der Waals surface area contributed by atoms with E-state index < -0.39 is 0 Å². The molecule has 20 heavy (non-hydrogen) atoms. The van der Waals surface area contributed by atoms with E-state index in [0.717, 1.165) is 22.8 Å². The molecule has 0 radical (unpaired) electrons. The predicted molar refractivity (Wildman–Crippen MR) is 83.1 cm³/mol. The summed E-state index contributed by atoms with van der Waals surface area (Å²) in [6, 6.07) is 10.7. The number of benzene rings is 1. The number of hydrogen-bond acceptors (Lipinski definition) is 3. The molecule has 4 heteroatoms. The highest BCUT2D eigenvalue weighted by atomic mass is 79.9. The zero-order valence-electron chi connectivity index (χ0n) is 11.1. The van der Waals surface area contributed by atoms with Crippen LogP contribution in [0.3, 0.4) is 0 Å². The molecule has 1 fully saturated rings. The Balaban J connectivity index is 1.45. The SMILES string of the molecule is Brc1cc(NCC2Cc3ccccc32)nc(C2CC2)n1. The second-order valence-corrected chi connectivity index (χ2v) is 6.50. The third-order valence-electron chi connectivity index (χ3n) is 4.15. The Kier molecular flexibility index (Phi) is 2.99. The number of nitrogens with one attached hydrogen (secondary N) is 1. The molecule has 1 aromatic carbocycles. The maximum absolute atomic E-state index is 4.63. The van der Waals surface area contributed by atoms with E-state index in [1.54, 1.807) is 0 Å². The Morgan fingerprint density at radius 3 is 2.85 bits per heavy atom. The van der Waals surface area contributed by atoms with Gasteiger partial charge in [-0.25, -0.2) is 9.97 Å². The van der Waals surface area contributed by atoms with Crippen molar-refractivity contribution in [2.24, 2.45) is 0 Å². The van der Waals surface area contributed by atoms with E-state index in [4.69, 9.17) is 0 Å². The molecule has 0 amide bonds. The van der Waals surface area contributed by atoms with Gasteiger partial charge >= 0.3 is 0 Å². The molecular formula is C16H16BrN3. The molecule has 1 atom stereocenters. The predicted octanol–water partition coefficient (Wildman–Crippen LogP) is 3.87. The lowest BCUT2D eigenvalue weighted by Gasteiger charge is -2.30. The standard InChI is InChI=1S/C16H16BrN3/c17-14-8-15(20-16(19-14)10-5-6-10)18-9-12-7-11-3-1-2-4-13(11)12/h1-4,8,10,12H,5-7,9H2,(H,18,19,20). The summed E-state index contributed by atoms with van der Waals surface area (Å²) in [5.74, 6) is 3.12. The van der Waals surface area contributed by atoms with Crippen molar-refractivity contribution < 1.29 is 0 Å². The normalized spacial score (nSPS) is 20.1. The number of aromatic nitrogens is 2. The minimum Gasteiger partial charge on any atom is -0.369 e. The third kappa shape index (κ3) is 2.33. The van der Waals surface area contributed by atoms with Gasteiger partial charge < -0.3 is 5.32 Å². The van der Waals surface area contributed by atoms with Crippen molar-refractivity contribution in [3.8, 4) is 0 Å². The average Bonchev–Trinajstić information content (AvgIpc) is 3.23. The topological polar surface area (TPSA) is 37.8 Å². The van der Waals surface area contributed by atoms with Crippen molar-refractivity contribution in [1.29, 1.82) is 0 Å². The van der Waals surface area contributed by atoms with Gasteiger partial charge in [0, 0.05) is 24.4 Å². The van der Waals surface area contributed by atoms with Crippen molar-refractivity contribution in [1.82, 2.24) is 9.97 Å². The lowest BCUT2D eigenvalue weighted by atomic mass is 9.78. The van der Waals surface area contributed by atoms with Gasteiger partial charge in [0.05, 0.1) is 0 Å². The van der Waals surface area contributed by atoms with Gasteiger partial charge in [-0.15, -0.1) is 0 Å². The highest BCUT2D eigenvalue weighted by Gasteiger charge is 2.28. The summed E-state index contributed by atoms with van der Waals surface area (Å²) in [5, 5.41) is 3.47. The van der Waals surface area contributed by atoms with Gasteiger partial charge in [-0.1, -0.05) is 24.3 Å². The lowest BCUT2D eigenvalue weighted by Crippen LogP contribution is -2.24. The second-order valence-electron chi connectivity index (χ2n) is 5.69. The minimum atomic E-state index is 0.581. The first-order valence-electron chi connectivity index (χ1n) is 7.16. The van der Waals surface area contributed by atoms with Crippen LogP contribution in [0.4, 0.5) is 5.82 Å². The summed E-state index contributed by atoms with van der Waals surface area (Å²) in [7, 11) is 0. The van der Waals surface area contributed by atoms with E-state index in [0.29, 0.717) is 11.8 Å². The lowest BCUT2D eigenvalue weighted by molar-refractivity contribution is 0.634. The van der Waals surface area contributed by atoms with Crippen LogP contribution < -0.4 is 5.32 Å². The Morgan fingerprint density at radius 2 is 2.05 bits per heavy atom. The number of rotatable bonds is 4. The van der Waals surface area contributed by atoms with E-state index in [1.807, 2.05) is 6.07 Å². The number of fused-ring (bicyclic) bond motifs is 1. The Bertz CT molecular complexity index is 652. The van der Waals surface area contributed by atoms with Crippen LogP contribution in [0.25, 0.3) is 0 Å². The Labute approximate surface area is 127 Å². The van der Waals surface area contributed by atoms with Crippen molar-refractivity contribution in [3.05, 3.63) is 51.9 Å². The molecule has 3 nitrogen and oxygen atoms in total. The molecule has 1 saturated carbocycles. The number of anilines is 1. The van der Waals surface area contributed by atoms with Crippen LogP contribution in [0.5, 0.6) is 0 Å². The second kappa shape index (κ2) is 4.85. The summed E-state index contributed by atoms with van der Waals surface area (Å²) in [6.45, 7) is 0.949. The summed E-state index contributed by atoms with van der Waals surface area (Å²) < 4.78 is 0.880. The maximum Gasteiger partial charge on any atom is 0.135 e. The summed E-state index contributed by atoms with van der Waals surface area (Å²) in [5.41, 5.74) is 2.97. The molecule has 1 aromatic heterocycles. The Hall–Kier alpha value is -1.42. The summed E-state index contributed by atoms with van der Waals surface area (Å²) in [6.07, 6.45) is 3.63. The zero-order valence-corrected chi connectivity index (χ0v) is 12.7. The zero-order chi connectivity index (χ0) is 13.5. The summed E-state index contributed by atoms with van der Waals surface area (Å²) in [4.78, 5) is 9.09. The fourth-order valence-corrected chi connectivity index (χ4v) is 3.22. The summed E-state index contributed by atoms with van der Waals surface area (Å²) >= 11 is 3.48. The first kappa shape index (κ1) is 12.3. The largest absolute Gasteiger partial charge is 0.369 e. The van der Waals surface area contributed by atoms with Gasteiger partial charge in [-0.2, -0.15) is 0 Å². The molecule has 1 N–H and O–H groups in total. The number of nitrogens with zero attached hydrogens (tertiary/aromatic N) is 2. The van der Waals surface area contributed by atoms with E-state index in [2.05, 4.69) is 55.5 Å². The van der Waals surface area contributed by atoms with Gasteiger partial charge in [0.15, 0.2) is 0 Å². The molecule has 2 aromatic rings. The van der Waals surface area contributed by atoms with Gasteiger partial charge in [0.2, 0.25) is 0 Å². The quantitative estimate of drug-likeness (QED) is 0.865. The highest BCUT2D eigenvalue weighted by molar-refractivity contribution is 9.10. The van der Waals surface area contributed by atoms with Crippen LogP contribution in [0.15, 0.2) is 34.9 Å². The van der Waals surface area contributed by atoms with Gasteiger partial charge in [-0.3, -0.25) is 0 Å². The highest BCUT2D eigenvalue weighted by Crippen LogP contribution is 2.39. The molecule has 2 aliphatic rings. The van der Waals surface area contributed by atoms with Crippen LogP contribution in [-0.2, 0) is 6.42 Å². The fourth-order valence-electron chi connectivity index (χ4n) is 2.82. The molecule has 1 unspecified atom stereocenters. The van der Waals surface area contributed by atoms with Crippen molar-refractivity contribution >= 4 is 21.7 Å². The Morgan fingerprint density at radius 1 is 1.20 bits per heavy atom. The van der Waals surface area contributed by atoms with Gasteiger partial charge in [0.25, 0.3) is 0 Å². The van der Waals surface area contributed by atoms with Gasteiger partial charge in [0.1, 0.15) is 16.2 Å². The molecule has 1 heterocycles. The smallest absolute Gasteiger partial charge is 0.135 e. The number of halogens is 1. The molecule has 0 bridgehead atoms. The van der Waals surface area contributed by atoms with Crippen LogP contribution in [0.2, 0.25) is 0 Å². The van der Waals surface area contributed by atoms with Crippen LogP contribution in [-0.4, -0.2) is 16.5 Å². The monoisotopic (exact) mass is 329 g/mol. The van der Waals surface area contributed by atoms with E-state index >= 15 is 0 Å². The van der Waals surface area contributed by atoms with Crippen LogP contribution >= 0.6 is 15.9 Å². The third-order valence-corrected chi connectivity index (χ3v) is 4.55. The van der Waals surface area contributed by atoms with E-state index in [-0.39, 0.29) is 0 Å². The van der Waals surface area contributed by atoms with Crippen LogP contribution in [0.1, 0.15) is 41.6 Å².